The van der Waals surface area contributed by atoms with Crippen LogP contribution in [0.3, 0.4) is 0 Å². The van der Waals surface area contributed by atoms with Crippen molar-refractivity contribution >= 4 is 75.0 Å². The Morgan fingerprint density at radius 3 is 2.25 bits per heavy atom. The fraction of sp³-hybridized carbons (Fsp3) is 0.0256. The highest BCUT2D eigenvalue weighted by Gasteiger charge is 2.24. The number of halogens is 1. The van der Waals surface area contributed by atoms with Gasteiger partial charge in [0.05, 0.1) is 16.2 Å². The van der Waals surface area contributed by atoms with Gasteiger partial charge in [0, 0.05) is 38.2 Å². The molecule has 0 spiro atoms. The average Bonchev–Trinajstić information content (AvgIpc) is 3.63. The highest BCUT2D eigenvalue weighted by Crippen LogP contribution is 2.38. The first-order valence-corrected chi connectivity index (χ1v) is 17.8. The lowest BCUT2D eigenvalue weighted by Gasteiger charge is -2.17. The van der Waals surface area contributed by atoms with Gasteiger partial charge in [-0.1, -0.05) is 90.5 Å². The predicted molar refractivity (Wildman–Crippen MR) is 206 cm³/mol. The first kappa shape index (κ1) is 35.7. The highest BCUT2D eigenvalue weighted by atomic mass is 35.5. The molecule has 1 unspecified atom stereocenters. The van der Waals surface area contributed by atoms with E-state index in [4.69, 9.17) is 11.6 Å². The summed E-state index contributed by atoms with van der Waals surface area (Å²) in [5.41, 5.74) is 2.70. The monoisotopic (exact) mass is 745 g/mol. The topological polar surface area (TPSA) is 143 Å². The van der Waals surface area contributed by atoms with E-state index in [0.29, 0.717) is 32.0 Å². The minimum absolute atomic E-state index is 0.132. The van der Waals surface area contributed by atoms with Crippen molar-refractivity contribution in [1.82, 2.24) is 10.3 Å². The van der Waals surface area contributed by atoms with Crippen molar-refractivity contribution in [3.05, 3.63) is 176 Å². The number of aromatic nitrogens is 1. The van der Waals surface area contributed by atoms with E-state index in [2.05, 4.69) is 20.9 Å². The quantitative estimate of drug-likeness (QED) is 0.0490. The number of benzene rings is 5. The summed E-state index contributed by atoms with van der Waals surface area (Å²) in [4.78, 5) is 57.0. The van der Waals surface area contributed by atoms with Crippen LogP contribution in [0.2, 0.25) is 5.02 Å². The van der Waals surface area contributed by atoms with Gasteiger partial charge >= 0.3 is 0 Å². The van der Waals surface area contributed by atoms with E-state index in [0.717, 1.165) is 11.1 Å². The zero-order valence-electron chi connectivity index (χ0n) is 27.1. The summed E-state index contributed by atoms with van der Waals surface area (Å²) in [7, 11) is 0. The number of thioether (sulfide) groups is 1. The molecule has 0 aliphatic heterocycles. The molecule has 0 saturated carbocycles. The number of anilines is 2. The molecule has 0 bridgehead atoms. The Balaban J connectivity index is 1.23. The van der Waals surface area contributed by atoms with Crippen LogP contribution in [0.1, 0.15) is 26.7 Å². The molecule has 6 rings (SSSR count). The number of amides is 3. The summed E-state index contributed by atoms with van der Waals surface area (Å²) in [5, 5.41) is 22.3. The number of hydrogen-bond donors (Lipinski definition) is 3. The van der Waals surface area contributed by atoms with E-state index < -0.39 is 22.0 Å². The molecule has 0 fully saturated rings. The van der Waals surface area contributed by atoms with Gasteiger partial charge in [-0.2, -0.15) is 0 Å². The number of para-hydroxylation sites is 1. The summed E-state index contributed by atoms with van der Waals surface area (Å²) in [5.74, 6) is -1.56. The van der Waals surface area contributed by atoms with Gasteiger partial charge in [0.15, 0.2) is 5.13 Å². The highest BCUT2D eigenvalue weighted by molar-refractivity contribution is 8.00. The van der Waals surface area contributed by atoms with Gasteiger partial charge in [-0.25, -0.2) is 4.98 Å². The van der Waals surface area contributed by atoms with Crippen LogP contribution < -0.4 is 16.0 Å². The van der Waals surface area contributed by atoms with Crippen LogP contribution in [0.5, 0.6) is 0 Å². The molecule has 10 nitrogen and oxygen atoms in total. The number of thiazole rings is 1. The zero-order chi connectivity index (χ0) is 36.5. The smallest absolute Gasteiger partial charge is 0.276 e. The average molecular weight is 746 g/mol. The van der Waals surface area contributed by atoms with E-state index in [9.17, 15) is 24.5 Å². The maximum absolute atomic E-state index is 13.8. The minimum atomic E-state index is -0.706. The summed E-state index contributed by atoms with van der Waals surface area (Å²) < 4.78 is 0. The zero-order valence-corrected chi connectivity index (χ0v) is 29.5. The van der Waals surface area contributed by atoms with Gasteiger partial charge in [0.25, 0.3) is 17.5 Å². The van der Waals surface area contributed by atoms with Gasteiger partial charge < -0.3 is 16.0 Å². The van der Waals surface area contributed by atoms with E-state index in [-0.39, 0.29) is 22.9 Å². The Kier molecular flexibility index (Phi) is 11.5. The lowest BCUT2D eigenvalue weighted by atomic mass is 10.1. The number of nitrogens with zero attached hydrogens (tertiary/aromatic N) is 2. The second-order valence-electron chi connectivity index (χ2n) is 11.1. The molecule has 3 N–H and O–H groups in total. The molecule has 0 radical (unpaired) electrons. The van der Waals surface area contributed by atoms with E-state index in [1.54, 1.807) is 66.7 Å². The van der Waals surface area contributed by atoms with Crippen LogP contribution >= 0.6 is 34.7 Å². The molecule has 0 aliphatic carbocycles. The maximum Gasteiger partial charge on any atom is 0.276 e. The van der Waals surface area contributed by atoms with Crippen molar-refractivity contribution in [3.63, 3.8) is 0 Å². The number of nitro benzene ring substituents is 1. The molecule has 5 aromatic carbocycles. The predicted octanol–water partition coefficient (Wildman–Crippen LogP) is 9.25. The second kappa shape index (κ2) is 16.8. The van der Waals surface area contributed by atoms with Crippen molar-refractivity contribution in [2.45, 2.75) is 10.1 Å². The van der Waals surface area contributed by atoms with E-state index in [1.807, 2.05) is 53.9 Å². The first-order valence-electron chi connectivity index (χ1n) is 15.7. The molecule has 1 atom stereocenters. The third-order valence-electron chi connectivity index (χ3n) is 7.52. The van der Waals surface area contributed by atoms with Crippen LogP contribution in [-0.4, -0.2) is 27.6 Å². The standard InChI is InChI=1S/C39H28ClN5O5S2/c40-29-20-18-25(19-21-29)33-24-51-39(43-33)44-38(48)35(26-10-3-1-4-11-26)52-31-16-9-15-30(23-31)41-37(47)32(42-36(46)27-12-5-2-6-13-27)22-28-14-7-8-17-34(28)45(49)50/h1-24,35H,(H,41,47)(H,42,46)(H,43,44,48)/b32-22+. The molecule has 3 amide bonds. The summed E-state index contributed by atoms with van der Waals surface area (Å²) in [6.07, 6.45) is 1.26. The molecule has 6 aromatic rings. The number of carbonyl (C=O) groups is 3. The maximum atomic E-state index is 13.8. The molecule has 13 heteroatoms. The van der Waals surface area contributed by atoms with Gasteiger partial charge in [-0.3, -0.25) is 24.5 Å². The third-order valence-corrected chi connectivity index (χ3v) is 9.78. The molecular weight excluding hydrogens is 718 g/mol. The first-order chi connectivity index (χ1) is 25.2. The summed E-state index contributed by atoms with van der Waals surface area (Å²) >= 11 is 8.62. The summed E-state index contributed by atoms with van der Waals surface area (Å²) in [6.45, 7) is 0. The normalized spacial score (nSPS) is 11.7. The lowest BCUT2D eigenvalue weighted by Crippen LogP contribution is -2.30. The van der Waals surface area contributed by atoms with Gasteiger partial charge in [0.1, 0.15) is 10.9 Å². The van der Waals surface area contributed by atoms with Crippen molar-refractivity contribution < 1.29 is 19.3 Å². The Morgan fingerprint density at radius 2 is 1.52 bits per heavy atom. The SMILES string of the molecule is O=C(Nc1cccc(SC(C(=O)Nc2nc(-c3ccc(Cl)cc3)cs2)c2ccccc2)c1)/C(=C\c1ccccc1[N+](=O)[O-])NC(=O)c1ccccc1. The largest absolute Gasteiger partial charge is 0.321 e. The Morgan fingerprint density at radius 1 is 0.827 bits per heavy atom. The van der Waals surface area contributed by atoms with Crippen molar-refractivity contribution in [3.8, 4) is 11.3 Å². The molecule has 52 heavy (non-hydrogen) atoms. The fourth-order valence-electron chi connectivity index (χ4n) is 5.01. The summed E-state index contributed by atoms with van der Waals surface area (Å²) in [6, 6.07) is 37.7. The molecule has 1 heterocycles. The van der Waals surface area contributed by atoms with Crippen LogP contribution in [0.15, 0.2) is 149 Å². The van der Waals surface area contributed by atoms with Crippen molar-refractivity contribution in [1.29, 1.82) is 0 Å². The van der Waals surface area contributed by atoms with E-state index in [1.165, 1.54) is 47.4 Å². The molecule has 0 saturated heterocycles. The van der Waals surface area contributed by atoms with Gasteiger partial charge in [0.2, 0.25) is 5.91 Å². The lowest BCUT2D eigenvalue weighted by molar-refractivity contribution is -0.385. The molecule has 1 aromatic heterocycles. The van der Waals surface area contributed by atoms with Crippen LogP contribution in [0, 0.1) is 10.1 Å². The Hall–Kier alpha value is -6.08. The molecule has 258 valence electrons. The molecular formula is C39H28ClN5O5S2. The number of hydrogen-bond acceptors (Lipinski definition) is 8. The van der Waals surface area contributed by atoms with Gasteiger partial charge in [-0.05, 0) is 60.2 Å². The number of carbonyl (C=O) groups excluding carboxylic acids is 3. The van der Waals surface area contributed by atoms with Crippen molar-refractivity contribution in [2.75, 3.05) is 10.6 Å². The molecule has 0 aliphatic rings. The number of rotatable bonds is 12. The van der Waals surface area contributed by atoms with E-state index >= 15 is 0 Å². The fourth-order valence-corrected chi connectivity index (χ4v) is 6.94. The van der Waals surface area contributed by atoms with Gasteiger partial charge in [-0.15, -0.1) is 23.1 Å². The number of nitrogens with one attached hydrogen (secondary N) is 3. The van der Waals surface area contributed by atoms with Crippen LogP contribution in [0.4, 0.5) is 16.5 Å². The van der Waals surface area contributed by atoms with Crippen LogP contribution in [-0.2, 0) is 9.59 Å². The third kappa shape index (κ3) is 9.17. The van der Waals surface area contributed by atoms with Crippen molar-refractivity contribution in [2.24, 2.45) is 0 Å². The van der Waals surface area contributed by atoms with Crippen LogP contribution in [0.25, 0.3) is 17.3 Å². The second-order valence-corrected chi connectivity index (χ2v) is 13.6. The number of nitro groups is 1. The Labute approximate surface area is 311 Å². The minimum Gasteiger partial charge on any atom is -0.321 e. The Bertz CT molecular complexity index is 2260.